The summed E-state index contributed by atoms with van der Waals surface area (Å²) in [6, 6.07) is 8.49. The van der Waals surface area contributed by atoms with Gasteiger partial charge in [-0.15, -0.1) is 0 Å². The summed E-state index contributed by atoms with van der Waals surface area (Å²) in [4.78, 5) is -0.921. The highest BCUT2D eigenvalue weighted by atomic mass is 35.5. The van der Waals surface area contributed by atoms with Crippen molar-refractivity contribution >= 4 is 21.6 Å². The molecule has 0 amide bonds. The third kappa shape index (κ3) is 3.69. The molecule has 112 valence electrons. The second kappa shape index (κ2) is 5.97. The standard InChI is InChI=1S/C13H10ClF2NO3S/c14-9-3-1-2-8(6-9)7-20-10-4-5-11(21(17,18)19)13(16)12(10)15/h1-6H,7H2,(H2,17,18,19). The fourth-order valence-electron chi connectivity index (χ4n) is 1.63. The molecule has 0 bridgehead atoms. The Labute approximate surface area is 125 Å². The van der Waals surface area contributed by atoms with Crippen molar-refractivity contribution in [1.82, 2.24) is 0 Å². The fraction of sp³-hybridized carbons (Fsp3) is 0.0769. The minimum Gasteiger partial charge on any atom is -0.486 e. The average Bonchev–Trinajstić information content (AvgIpc) is 2.39. The monoisotopic (exact) mass is 333 g/mol. The van der Waals surface area contributed by atoms with Crippen LogP contribution in [0, 0.1) is 11.6 Å². The Morgan fingerprint density at radius 2 is 1.86 bits per heavy atom. The first-order chi connectivity index (χ1) is 9.79. The first-order valence-corrected chi connectivity index (χ1v) is 7.59. The van der Waals surface area contributed by atoms with Gasteiger partial charge >= 0.3 is 0 Å². The van der Waals surface area contributed by atoms with Crippen molar-refractivity contribution in [2.75, 3.05) is 0 Å². The van der Waals surface area contributed by atoms with E-state index in [0.717, 1.165) is 12.1 Å². The van der Waals surface area contributed by atoms with Crippen molar-refractivity contribution < 1.29 is 21.9 Å². The molecule has 0 unspecified atom stereocenters. The Bertz CT molecular complexity index is 781. The van der Waals surface area contributed by atoms with E-state index in [-0.39, 0.29) is 6.61 Å². The SMILES string of the molecule is NS(=O)(=O)c1ccc(OCc2cccc(Cl)c2)c(F)c1F. The van der Waals surface area contributed by atoms with Crippen LogP contribution in [0.1, 0.15) is 5.56 Å². The lowest BCUT2D eigenvalue weighted by atomic mass is 10.2. The molecule has 2 rings (SSSR count). The van der Waals surface area contributed by atoms with Crippen molar-refractivity contribution in [2.45, 2.75) is 11.5 Å². The number of hydrogen-bond acceptors (Lipinski definition) is 3. The summed E-state index contributed by atoms with van der Waals surface area (Å²) in [6.07, 6.45) is 0. The number of hydrogen-bond donors (Lipinski definition) is 1. The molecule has 8 heteroatoms. The first kappa shape index (κ1) is 15.7. The predicted octanol–water partition coefficient (Wildman–Crippen LogP) is 2.84. The first-order valence-electron chi connectivity index (χ1n) is 5.67. The molecule has 0 radical (unpaired) electrons. The second-order valence-electron chi connectivity index (χ2n) is 4.15. The third-order valence-electron chi connectivity index (χ3n) is 2.60. The molecule has 0 aliphatic rings. The highest BCUT2D eigenvalue weighted by Gasteiger charge is 2.21. The van der Waals surface area contributed by atoms with E-state index in [0.29, 0.717) is 10.6 Å². The molecule has 21 heavy (non-hydrogen) atoms. The quantitative estimate of drug-likeness (QED) is 0.935. The lowest BCUT2D eigenvalue weighted by Crippen LogP contribution is -2.15. The van der Waals surface area contributed by atoms with Crippen molar-refractivity contribution in [2.24, 2.45) is 5.14 Å². The van der Waals surface area contributed by atoms with Crippen LogP contribution in [0.15, 0.2) is 41.3 Å². The highest BCUT2D eigenvalue weighted by molar-refractivity contribution is 7.89. The molecule has 4 nitrogen and oxygen atoms in total. The lowest BCUT2D eigenvalue weighted by molar-refractivity contribution is 0.283. The van der Waals surface area contributed by atoms with Gasteiger partial charge in [0.05, 0.1) is 0 Å². The molecule has 0 aromatic heterocycles. The molecule has 0 aliphatic carbocycles. The fourth-order valence-corrected chi connectivity index (χ4v) is 2.44. The molecule has 0 aliphatic heterocycles. The van der Waals surface area contributed by atoms with Crippen LogP contribution in [0.3, 0.4) is 0 Å². The summed E-state index contributed by atoms with van der Waals surface area (Å²) in [7, 11) is -4.33. The van der Waals surface area contributed by atoms with Crippen LogP contribution in [0.2, 0.25) is 5.02 Å². The van der Waals surface area contributed by atoms with E-state index >= 15 is 0 Å². The van der Waals surface area contributed by atoms with Gasteiger partial charge in [0, 0.05) is 5.02 Å². The molecule has 2 N–H and O–H groups in total. The zero-order valence-corrected chi connectivity index (χ0v) is 12.1. The Balaban J connectivity index is 2.24. The Hall–Kier alpha value is -1.70. The van der Waals surface area contributed by atoms with Crippen molar-refractivity contribution in [3.05, 3.63) is 58.6 Å². The van der Waals surface area contributed by atoms with Gasteiger partial charge in [0.25, 0.3) is 0 Å². The van der Waals surface area contributed by atoms with Gasteiger partial charge in [0.2, 0.25) is 15.8 Å². The number of ether oxygens (including phenoxy) is 1. The lowest BCUT2D eigenvalue weighted by Gasteiger charge is -2.09. The van der Waals surface area contributed by atoms with E-state index < -0.39 is 32.3 Å². The molecule has 0 saturated carbocycles. The average molecular weight is 334 g/mol. The van der Waals surface area contributed by atoms with E-state index in [2.05, 4.69) is 0 Å². The molecule has 0 heterocycles. The molecule has 0 spiro atoms. The molecule has 2 aromatic carbocycles. The number of benzene rings is 2. The number of rotatable bonds is 4. The van der Waals surface area contributed by atoms with Gasteiger partial charge in [-0.05, 0) is 29.8 Å². The maximum absolute atomic E-state index is 13.7. The summed E-state index contributed by atoms with van der Waals surface area (Å²) < 4.78 is 54.6. The second-order valence-corrected chi connectivity index (χ2v) is 6.12. The van der Waals surface area contributed by atoms with Crippen molar-refractivity contribution in [3.8, 4) is 5.75 Å². The van der Waals surface area contributed by atoms with Gasteiger partial charge in [-0.2, -0.15) is 4.39 Å². The number of halogens is 3. The zero-order valence-electron chi connectivity index (χ0n) is 10.5. The number of primary sulfonamides is 1. The van der Waals surface area contributed by atoms with Crippen LogP contribution in [-0.2, 0) is 16.6 Å². The summed E-state index contributed by atoms with van der Waals surface area (Å²) in [5.41, 5.74) is 0.651. The molecule has 0 saturated heterocycles. The maximum atomic E-state index is 13.7. The summed E-state index contributed by atoms with van der Waals surface area (Å²) in [5.74, 6) is -3.40. The highest BCUT2D eigenvalue weighted by Crippen LogP contribution is 2.25. The van der Waals surface area contributed by atoms with Gasteiger partial charge in [-0.25, -0.2) is 17.9 Å². The predicted molar refractivity (Wildman–Crippen MR) is 73.5 cm³/mol. The zero-order chi connectivity index (χ0) is 15.6. The van der Waals surface area contributed by atoms with Crippen LogP contribution in [0.25, 0.3) is 0 Å². The minimum absolute atomic E-state index is 0.0500. The van der Waals surface area contributed by atoms with E-state index in [1.54, 1.807) is 24.3 Å². The molecular formula is C13H10ClF2NO3S. The van der Waals surface area contributed by atoms with Crippen molar-refractivity contribution in [1.29, 1.82) is 0 Å². The summed E-state index contributed by atoms with van der Waals surface area (Å²) in [6.45, 7) is -0.0500. The van der Waals surface area contributed by atoms with Gasteiger partial charge in [0.1, 0.15) is 11.5 Å². The van der Waals surface area contributed by atoms with Crippen LogP contribution in [-0.4, -0.2) is 8.42 Å². The van der Waals surface area contributed by atoms with E-state index in [9.17, 15) is 17.2 Å². The third-order valence-corrected chi connectivity index (χ3v) is 3.76. The van der Waals surface area contributed by atoms with Gasteiger partial charge in [-0.3, -0.25) is 0 Å². The molecule has 0 fully saturated rings. The van der Waals surface area contributed by atoms with Gasteiger partial charge < -0.3 is 4.74 Å². The Morgan fingerprint density at radius 1 is 1.14 bits per heavy atom. The number of nitrogens with two attached hydrogens (primary N) is 1. The summed E-state index contributed by atoms with van der Waals surface area (Å²) >= 11 is 5.78. The smallest absolute Gasteiger partial charge is 0.241 e. The minimum atomic E-state index is -4.33. The number of sulfonamides is 1. The van der Waals surface area contributed by atoms with E-state index in [1.807, 2.05) is 0 Å². The molecule has 2 aromatic rings. The van der Waals surface area contributed by atoms with Crippen LogP contribution >= 0.6 is 11.6 Å². The Kier molecular flexibility index (Phi) is 4.46. The van der Waals surface area contributed by atoms with E-state index in [1.165, 1.54) is 0 Å². The normalized spacial score (nSPS) is 11.4. The topological polar surface area (TPSA) is 69.4 Å². The van der Waals surface area contributed by atoms with Crippen LogP contribution in [0.4, 0.5) is 8.78 Å². The molecular weight excluding hydrogens is 324 g/mol. The molecule has 0 atom stereocenters. The largest absolute Gasteiger partial charge is 0.486 e. The van der Waals surface area contributed by atoms with Crippen molar-refractivity contribution in [3.63, 3.8) is 0 Å². The van der Waals surface area contributed by atoms with Gasteiger partial charge in [-0.1, -0.05) is 23.7 Å². The Morgan fingerprint density at radius 3 is 2.48 bits per heavy atom. The van der Waals surface area contributed by atoms with Crippen LogP contribution < -0.4 is 9.88 Å². The summed E-state index contributed by atoms with van der Waals surface area (Å²) in [5, 5.41) is 5.25. The van der Waals surface area contributed by atoms with Gasteiger partial charge in [0.15, 0.2) is 11.6 Å². The maximum Gasteiger partial charge on any atom is 0.241 e. The van der Waals surface area contributed by atoms with Crippen LogP contribution in [0.5, 0.6) is 5.75 Å². The van der Waals surface area contributed by atoms with E-state index in [4.69, 9.17) is 21.5 Å².